The molecule has 0 spiro atoms. The Kier molecular flexibility index (Phi) is 6.56. The second kappa shape index (κ2) is 10.1. The standard InChI is InChI=1S/C26H25N5OS/c27-16-21(25-30-23-3-1-2-4-24(23)33-25)22-11-14-29-26(31-22)32-17-20-7-5-18(6-8-20)15-19-9-12-28-13-10-19/h1-8,11,14,19,21,28H,9-10,12-13,15,17H2. The van der Waals surface area contributed by atoms with E-state index in [-0.39, 0.29) is 6.01 Å². The van der Waals surface area contributed by atoms with E-state index >= 15 is 0 Å². The summed E-state index contributed by atoms with van der Waals surface area (Å²) in [6.07, 6.45) is 5.27. The SMILES string of the molecule is N#CC(c1ccnc(OCc2ccc(CC3CCNCC3)cc2)n1)c1nc2ccccc2s1. The second-order valence-electron chi connectivity index (χ2n) is 8.35. The average Bonchev–Trinajstić information content (AvgIpc) is 3.29. The number of aromatic nitrogens is 3. The fourth-order valence-electron chi connectivity index (χ4n) is 4.18. The van der Waals surface area contributed by atoms with Gasteiger partial charge in [-0.15, -0.1) is 11.3 Å². The lowest BCUT2D eigenvalue weighted by atomic mass is 9.91. The van der Waals surface area contributed by atoms with Crippen LogP contribution in [-0.2, 0) is 13.0 Å². The maximum atomic E-state index is 9.81. The van der Waals surface area contributed by atoms with Gasteiger partial charge in [-0.2, -0.15) is 10.2 Å². The van der Waals surface area contributed by atoms with Crippen molar-refractivity contribution in [3.05, 3.63) is 82.6 Å². The summed E-state index contributed by atoms with van der Waals surface area (Å²) >= 11 is 1.52. The Hall–Kier alpha value is -3.34. The van der Waals surface area contributed by atoms with Crippen molar-refractivity contribution in [2.75, 3.05) is 13.1 Å². The molecule has 0 amide bonds. The summed E-state index contributed by atoms with van der Waals surface area (Å²) in [4.78, 5) is 13.4. The van der Waals surface area contributed by atoms with Crippen LogP contribution in [0.4, 0.5) is 0 Å². The maximum absolute atomic E-state index is 9.81. The molecule has 0 bridgehead atoms. The first-order valence-corrected chi connectivity index (χ1v) is 12.1. The molecule has 2 aromatic carbocycles. The molecule has 2 aromatic heterocycles. The van der Waals surface area contributed by atoms with Gasteiger partial charge in [-0.3, -0.25) is 0 Å². The number of nitriles is 1. The molecule has 166 valence electrons. The van der Waals surface area contributed by atoms with Crippen LogP contribution < -0.4 is 10.1 Å². The summed E-state index contributed by atoms with van der Waals surface area (Å²) in [5.74, 6) is 0.218. The number of hydrogen-bond donors (Lipinski definition) is 1. The summed E-state index contributed by atoms with van der Waals surface area (Å²) in [5, 5.41) is 14.0. The van der Waals surface area contributed by atoms with E-state index in [0.717, 1.165) is 46.2 Å². The molecule has 1 fully saturated rings. The Morgan fingerprint density at radius 1 is 1.03 bits per heavy atom. The van der Waals surface area contributed by atoms with Gasteiger partial charge in [0.25, 0.3) is 0 Å². The van der Waals surface area contributed by atoms with Crippen LogP contribution in [0, 0.1) is 17.2 Å². The van der Waals surface area contributed by atoms with Crippen molar-refractivity contribution in [3.8, 4) is 12.1 Å². The fraction of sp³-hybridized carbons (Fsp3) is 0.308. The van der Waals surface area contributed by atoms with Crippen LogP contribution in [0.5, 0.6) is 6.01 Å². The summed E-state index contributed by atoms with van der Waals surface area (Å²) < 4.78 is 6.91. The van der Waals surface area contributed by atoms with Gasteiger partial charge in [0.15, 0.2) is 0 Å². The smallest absolute Gasteiger partial charge is 0.316 e. The minimum Gasteiger partial charge on any atom is -0.459 e. The molecule has 0 saturated carbocycles. The van der Waals surface area contributed by atoms with Crippen molar-refractivity contribution in [2.45, 2.75) is 31.8 Å². The topological polar surface area (TPSA) is 83.7 Å². The number of benzene rings is 2. The van der Waals surface area contributed by atoms with Crippen LogP contribution in [0.2, 0.25) is 0 Å². The molecular formula is C26H25N5OS. The largest absolute Gasteiger partial charge is 0.459 e. The van der Waals surface area contributed by atoms with Crippen LogP contribution in [0.1, 0.15) is 40.6 Å². The lowest BCUT2D eigenvalue weighted by molar-refractivity contribution is 0.279. The van der Waals surface area contributed by atoms with Crippen LogP contribution in [0.25, 0.3) is 10.2 Å². The van der Waals surface area contributed by atoms with Gasteiger partial charge < -0.3 is 10.1 Å². The Labute approximate surface area is 197 Å². The van der Waals surface area contributed by atoms with E-state index in [1.807, 2.05) is 24.3 Å². The predicted molar refractivity (Wildman–Crippen MR) is 129 cm³/mol. The van der Waals surface area contributed by atoms with Gasteiger partial charge in [0.05, 0.1) is 22.0 Å². The number of piperidine rings is 1. The van der Waals surface area contributed by atoms with Gasteiger partial charge in [0, 0.05) is 6.20 Å². The zero-order valence-electron chi connectivity index (χ0n) is 18.3. The molecule has 1 saturated heterocycles. The number of nitrogens with one attached hydrogen (secondary N) is 1. The van der Waals surface area contributed by atoms with Crippen molar-refractivity contribution in [1.29, 1.82) is 5.26 Å². The highest BCUT2D eigenvalue weighted by Gasteiger charge is 2.20. The van der Waals surface area contributed by atoms with Gasteiger partial charge in [-0.25, -0.2) is 9.97 Å². The molecule has 0 radical (unpaired) electrons. The quantitative estimate of drug-likeness (QED) is 0.428. The lowest BCUT2D eigenvalue weighted by Crippen LogP contribution is -2.28. The summed E-state index contributed by atoms with van der Waals surface area (Å²) in [7, 11) is 0. The van der Waals surface area contributed by atoms with Crippen molar-refractivity contribution >= 4 is 21.6 Å². The van der Waals surface area contributed by atoms with Gasteiger partial charge in [-0.05, 0) is 67.6 Å². The van der Waals surface area contributed by atoms with Crippen molar-refractivity contribution in [3.63, 3.8) is 0 Å². The second-order valence-corrected chi connectivity index (χ2v) is 9.41. The summed E-state index contributed by atoms with van der Waals surface area (Å²) in [6.45, 7) is 2.64. The van der Waals surface area contributed by atoms with E-state index in [9.17, 15) is 5.26 Å². The minimum atomic E-state index is -0.554. The van der Waals surface area contributed by atoms with E-state index < -0.39 is 5.92 Å². The van der Waals surface area contributed by atoms with Crippen molar-refractivity contribution < 1.29 is 4.74 Å². The van der Waals surface area contributed by atoms with Gasteiger partial charge >= 0.3 is 6.01 Å². The Balaban J connectivity index is 1.24. The van der Waals surface area contributed by atoms with Crippen molar-refractivity contribution in [1.82, 2.24) is 20.3 Å². The molecule has 33 heavy (non-hydrogen) atoms. The van der Waals surface area contributed by atoms with E-state index in [4.69, 9.17) is 4.74 Å². The maximum Gasteiger partial charge on any atom is 0.316 e. The van der Waals surface area contributed by atoms with Crippen LogP contribution in [0.15, 0.2) is 60.8 Å². The van der Waals surface area contributed by atoms with Gasteiger partial charge in [-0.1, -0.05) is 36.4 Å². The molecule has 3 heterocycles. The highest BCUT2D eigenvalue weighted by atomic mass is 32.1. The van der Waals surface area contributed by atoms with E-state index in [1.165, 1.54) is 29.7 Å². The molecule has 7 heteroatoms. The van der Waals surface area contributed by atoms with E-state index in [2.05, 4.69) is 50.6 Å². The molecule has 0 aliphatic carbocycles. The van der Waals surface area contributed by atoms with Crippen LogP contribution >= 0.6 is 11.3 Å². The van der Waals surface area contributed by atoms with E-state index in [1.54, 1.807) is 12.3 Å². The number of thiazole rings is 1. The predicted octanol–water partition coefficient (Wildman–Crippen LogP) is 4.86. The Bertz CT molecular complexity index is 1220. The third-order valence-electron chi connectivity index (χ3n) is 6.01. The van der Waals surface area contributed by atoms with Crippen molar-refractivity contribution in [2.24, 2.45) is 5.92 Å². The summed E-state index contributed by atoms with van der Waals surface area (Å²) in [6, 6.07) is 20.8. The number of ether oxygens (including phenoxy) is 1. The first kappa shape index (κ1) is 21.5. The normalized spacial score (nSPS) is 15.2. The van der Waals surface area contributed by atoms with Crippen LogP contribution in [0.3, 0.4) is 0 Å². The first-order chi connectivity index (χ1) is 16.3. The van der Waals surface area contributed by atoms with E-state index in [0.29, 0.717) is 12.3 Å². The number of fused-ring (bicyclic) bond motifs is 1. The molecule has 1 atom stereocenters. The highest BCUT2D eigenvalue weighted by molar-refractivity contribution is 7.18. The Morgan fingerprint density at radius 2 is 1.82 bits per heavy atom. The zero-order chi connectivity index (χ0) is 22.5. The van der Waals surface area contributed by atoms with Crippen LogP contribution in [-0.4, -0.2) is 28.0 Å². The van der Waals surface area contributed by atoms with Gasteiger partial charge in [0.2, 0.25) is 0 Å². The number of para-hydroxylation sites is 1. The third-order valence-corrected chi connectivity index (χ3v) is 7.11. The molecule has 6 nitrogen and oxygen atoms in total. The first-order valence-electron chi connectivity index (χ1n) is 11.3. The molecule has 4 aromatic rings. The van der Waals surface area contributed by atoms with Gasteiger partial charge in [0.1, 0.15) is 17.5 Å². The summed E-state index contributed by atoms with van der Waals surface area (Å²) in [5.41, 5.74) is 3.93. The zero-order valence-corrected chi connectivity index (χ0v) is 19.1. The molecule has 1 aliphatic rings. The monoisotopic (exact) mass is 455 g/mol. The number of hydrogen-bond acceptors (Lipinski definition) is 7. The molecule has 5 rings (SSSR count). The number of rotatable bonds is 7. The fourth-order valence-corrected chi connectivity index (χ4v) is 5.21. The highest BCUT2D eigenvalue weighted by Crippen LogP contribution is 2.31. The number of nitrogens with zero attached hydrogens (tertiary/aromatic N) is 4. The lowest BCUT2D eigenvalue weighted by Gasteiger charge is -2.22. The molecule has 1 N–H and O–H groups in total. The molecule has 1 aliphatic heterocycles. The molecular weight excluding hydrogens is 430 g/mol. The third kappa shape index (κ3) is 5.19. The Morgan fingerprint density at radius 3 is 2.61 bits per heavy atom. The minimum absolute atomic E-state index is 0.271. The molecule has 1 unspecified atom stereocenters. The average molecular weight is 456 g/mol.